The van der Waals surface area contributed by atoms with Crippen LogP contribution in [0.1, 0.15) is 18.9 Å². The smallest absolute Gasteiger partial charge is 0.262 e. The van der Waals surface area contributed by atoms with Crippen molar-refractivity contribution in [3.8, 4) is 0 Å². The molecule has 8 nitrogen and oxygen atoms in total. The molecule has 0 saturated heterocycles. The average Bonchev–Trinajstić information content (AvgIpc) is 3.24. The largest absolute Gasteiger partial charge is 0.360 e. The molecule has 3 rings (SSSR count). The van der Waals surface area contributed by atoms with Gasteiger partial charge in [-0.1, -0.05) is 12.1 Å². The van der Waals surface area contributed by atoms with E-state index in [4.69, 9.17) is 11.6 Å². The first-order chi connectivity index (χ1) is 10.8. The van der Waals surface area contributed by atoms with E-state index < -0.39 is 21.7 Å². The Labute approximate surface area is 144 Å². The van der Waals surface area contributed by atoms with Crippen molar-refractivity contribution in [1.29, 1.82) is 0 Å². The van der Waals surface area contributed by atoms with Crippen molar-refractivity contribution >= 4 is 43.6 Å². The van der Waals surface area contributed by atoms with E-state index in [-0.39, 0.29) is 20.7 Å². The summed E-state index contributed by atoms with van der Waals surface area (Å²) in [5.74, 6) is 0. The van der Waals surface area contributed by atoms with Crippen molar-refractivity contribution < 1.29 is 13.2 Å². The quantitative estimate of drug-likeness (QED) is 0.813. The van der Waals surface area contributed by atoms with Gasteiger partial charge in [0.15, 0.2) is 0 Å². The highest BCUT2D eigenvalue weighted by molar-refractivity contribution is 9.10. The van der Waals surface area contributed by atoms with Gasteiger partial charge < -0.3 is 0 Å². The van der Waals surface area contributed by atoms with Crippen LogP contribution in [0.2, 0.25) is 5.28 Å². The summed E-state index contributed by atoms with van der Waals surface area (Å²) in [6, 6.07) is 4.70. The third kappa shape index (κ3) is 3.06. The Morgan fingerprint density at radius 3 is 2.61 bits per heavy atom. The van der Waals surface area contributed by atoms with Crippen LogP contribution in [0.4, 0.5) is 4.79 Å². The van der Waals surface area contributed by atoms with Gasteiger partial charge in [0.1, 0.15) is 4.90 Å². The fourth-order valence-electron chi connectivity index (χ4n) is 2.00. The molecular formula is C12H10BrClN4O4S. The molecule has 1 fully saturated rings. The molecule has 1 amide bonds. The van der Waals surface area contributed by atoms with Crippen LogP contribution in [0.3, 0.4) is 0 Å². The Morgan fingerprint density at radius 2 is 2.00 bits per heavy atom. The molecule has 0 aliphatic heterocycles. The van der Waals surface area contributed by atoms with Gasteiger partial charge in [0, 0.05) is 10.5 Å². The molecule has 1 heterocycles. The number of hydrogen-bond acceptors (Lipinski definition) is 5. The minimum Gasteiger partial charge on any atom is -0.262 e. The summed E-state index contributed by atoms with van der Waals surface area (Å²) in [6.07, 6.45) is 1.53. The van der Waals surface area contributed by atoms with Gasteiger partial charge >= 0.3 is 11.7 Å². The monoisotopic (exact) mass is 420 g/mol. The third-order valence-electron chi connectivity index (χ3n) is 3.22. The number of rotatable bonds is 3. The summed E-state index contributed by atoms with van der Waals surface area (Å²) in [7, 11) is -4.16. The number of nitrogens with zero attached hydrogens (tertiary/aromatic N) is 3. The zero-order valence-corrected chi connectivity index (χ0v) is 14.6. The highest BCUT2D eigenvalue weighted by Gasteiger charge is 2.31. The van der Waals surface area contributed by atoms with Crippen LogP contribution >= 0.6 is 27.5 Å². The number of nitrogens with one attached hydrogen (secondary N) is 1. The molecule has 1 aliphatic carbocycles. The number of carbonyl (C=O) groups is 1. The average molecular weight is 422 g/mol. The molecule has 0 atom stereocenters. The van der Waals surface area contributed by atoms with Crippen LogP contribution in [-0.2, 0) is 10.0 Å². The Bertz CT molecular complexity index is 948. The van der Waals surface area contributed by atoms with Crippen LogP contribution < -0.4 is 10.4 Å². The van der Waals surface area contributed by atoms with Crippen LogP contribution in [0.5, 0.6) is 0 Å². The molecule has 0 spiro atoms. The van der Waals surface area contributed by atoms with E-state index in [1.54, 1.807) is 10.8 Å². The Kier molecular flexibility index (Phi) is 4.07. The lowest BCUT2D eigenvalue weighted by Crippen LogP contribution is -2.40. The molecular weight excluding hydrogens is 412 g/mol. The van der Waals surface area contributed by atoms with Gasteiger partial charge in [0.05, 0.1) is 0 Å². The molecule has 1 saturated carbocycles. The lowest BCUT2D eigenvalue weighted by Gasteiger charge is -2.07. The lowest BCUT2D eigenvalue weighted by molar-refractivity contribution is 0.243. The molecule has 1 aromatic carbocycles. The standard InChI is InChI=1S/C12H10BrClN4O4S/c13-8-3-1-2-4-9(8)23(21,22)16-11(19)18-12(20)17(7-5-6-7)10(14)15-18/h1-4,7H,5-6H2,(H,16,19). The van der Waals surface area contributed by atoms with Crippen molar-refractivity contribution in [1.82, 2.24) is 19.1 Å². The second kappa shape index (κ2) is 5.77. The van der Waals surface area contributed by atoms with Crippen LogP contribution in [0, 0.1) is 0 Å². The maximum atomic E-state index is 12.2. The molecule has 11 heteroatoms. The number of amides is 1. The van der Waals surface area contributed by atoms with Gasteiger partial charge in [-0.05, 0) is 52.5 Å². The fraction of sp³-hybridized carbons (Fsp3) is 0.250. The summed E-state index contributed by atoms with van der Waals surface area (Å²) in [4.78, 5) is 24.1. The maximum Gasteiger partial charge on any atom is 0.360 e. The lowest BCUT2D eigenvalue weighted by atomic mass is 10.4. The van der Waals surface area contributed by atoms with E-state index in [0.29, 0.717) is 4.68 Å². The summed E-state index contributed by atoms with van der Waals surface area (Å²) in [5.41, 5.74) is -0.766. The van der Waals surface area contributed by atoms with Crippen molar-refractivity contribution in [3.05, 3.63) is 44.5 Å². The van der Waals surface area contributed by atoms with E-state index in [0.717, 1.165) is 12.8 Å². The predicted molar refractivity (Wildman–Crippen MR) is 85.0 cm³/mol. The Morgan fingerprint density at radius 1 is 1.35 bits per heavy atom. The topological polar surface area (TPSA) is 103 Å². The van der Waals surface area contributed by atoms with Gasteiger partial charge in [-0.15, -0.1) is 9.78 Å². The zero-order chi connectivity index (χ0) is 16.8. The van der Waals surface area contributed by atoms with E-state index in [9.17, 15) is 18.0 Å². The number of carbonyl (C=O) groups excluding carboxylic acids is 1. The van der Waals surface area contributed by atoms with E-state index in [2.05, 4.69) is 21.0 Å². The molecule has 23 heavy (non-hydrogen) atoms. The third-order valence-corrected chi connectivity index (χ3v) is 5.81. The summed E-state index contributed by atoms with van der Waals surface area (Å²) >= 11 is 8.93. The minimum absolute atomic E-state index is 0.0866. The van der Waals surface area contributed by atoms with Gasteiger partial charge in [-0.3, -0.25) is 4.57 Å². The van der Waals surface area contributed by atoms with Gasteiger partial charge in [-0.2, -0.15) is 0 Å². The highest BCUT2D eigenvalue weighted by atomic mass is 79.9. The molecule has 1 N–H and O–H groups in total. The molecule has 122 valence electrons. The first-order valence-electron chi connectivity index (χ1n) is 6.50. The van der Waals surface area contributed by atoms with Crippen LogP contribution in [-0.4, -0.2) is 28.8 Å². The van der Waals surface area contributed by atoms with Gasteiger partial charge in [-0.25, -0.2) is 22.7 Å². The first kappa shape index (κ1) is 16.2. The number of sulfonamides is 1. The molecule has 1 aromatic heterocycles. The van der Waals surface area contributed by atoms with Crippen molar-refractivity contribution in [2.24, 2.45) is 0 Å². The summed E-state index contributed by atoms with van der Waals surface area (Å²) < 4.78 is 28.2. The number of halogens is 2. The number of aromatic nitrogens is 3. The number of benzene rings is 1. The van der Waals surface area contributed by atoms with Gasteiger partial charge in [0.2, 0.25) is 5.28 Å². The summed E-state index contributed by atoms with van der Waals surface area (Å²) in [6.45, 7) is 0. The Hall–Kier alpha value is -1.65. The van der Waals surface area contributed by atoms with Crippen molar-refractivity contribution in [2.45, 2.75) is 23.8 Å². The predicted octanol–water partition coefficient (Wildman–Crippen LogP) is 1.74. The normalized spacial score (nSPS) is 14.7. The van der Waals surface area contributed by atoms with Crippen molar-refractivity contribution in [2.75, 3.05) is 0 Å². The second-order valence-electron chi connectivity index (χ2n) is 4.91. The SMILES string of the molecule is O=C(NS(=O)(=O)c1ccccc1Br)n1nc(Cl)n(C2CC2)c1=O. The number of hydrogen-bond donors (Lipinski definition) is 1. The highest BCUT2D eigenvalue weighted by Crippen LogP contribution is 2.35. The maximum absolute atomic E-state index is 12.2. The van der Waals surface area contributed by atoms with Crippen LogP contribution in [0.25, 0.3) is 0 Å². The molecule has 1 aliphatic rings. The van der Waals surface area contributed by atoms with E-state index >= 15 is 0 Å². The van der Waals surface area contributed by atoms with Crippen molar-refractivity contribution in [3.63, 3.8) is 0 Å². The van der Waals surface area contributed by atoms with E-state index in [1.165, 1.54) is 22.8 Å². The van der Waals surface area contributed by atoms with Gasteiger partial charge in [0.25, 0.3) is 10.0 Å². The van der Waals surface area contributed by atoms with Crippen LogP contribution in [0.15, 0.2) is 38.4 Å². The minimum atomic E-state index is -4.16. The molecule has 0 bridgehead atoms. The molecule has 0 radical (unpaired) electrons. The molecule has 0 unspecified atom stereocenters. The fourth-order valence-corrected chi connectivity index (χ4v) is 4.22. The second-order valence-corrected chi connectivity index (χ2v) is 7.75. The Balaban J connectivity index is 1.92. The zero-order valence-electron chi connectivity index (χ0n) is 11.4. The van der Waals surface area contributed by atoms with E-state index in [1.807, 2.05) is 0 Å². The molecule has 2 aromatic rings. The summed E-state index contributed by atoms with van der Waals surface area (Å²) in [5, 5.41) is 3.47. The first-order valence-corrected chi connectivity index (χ1v) is 9.15.